The molecule has 5 rings (SSSR count). The van der Waals surface area contributed by atoms with Crippen LogP contribution in [0, 0.1) is 6.92 Å². The normalized spacial score (nSPS) is 11.0. The number of furan rings is 1. The zero-order valence-electron chi connectivity index (χ0n) is 18.2. The molecule has 0 aliphatic carbocycles. The van der Waals surface area contributed by atoms with Gasteiger partial charge in [-0.2, -0.15) is 5.10 Å². The van der Waals surface area contributed by atoms with Crippen LogP contribution in [0.25, 0.3) is 22.4 Å². The predicted molar refractivity (Wildman–Crippen MR) is 130 cm³/mol. The zero-order chi connectivity index (χ0) is 23.7. The van der Waals surface area contributed by atoms with Gasteiger partial charge >= 0.3 is 0 Å². The summed E-state index contributed by atoms with van der Waals surface area (Å²) in [5.41, 5.74) is 3.34. The molecule has 1 N–H and O–H groups in total. The molecule has 1 amide bonds. The minimum atomic E-state index is -0.348. The van der Waals surface area contributed by atoms with Gasteiger partial charge in [0.25, 0.3) is 0 Å². The lowest BCUT2D eigenvalue weighted by molar-refractivity contribution is -0.116. The molecule has 168 valence electrons. The minimum absolute atomic E-state index is 0.0828. The Hall–Kier alpha value is -4.23. The van der Waals surface area contributed by atoms with Crippen LogP contribution in [0.2, 0.25) is 5.02 Å². The number of rotatable bonds is 6. The van der Waals surface area contributed by atoms with Crippen LogP contribution in [0.15, 0.2) is 83.6 Å². The Bertz CT molecular complexity index is 1510. The summed E-state index contributed by atoms with van der Waals surface area (Å²) in [5, 5.41) is 8.57. The first-order valence-electron chi connectivity index (χ1n) is 10.6. The lowest BCUT2D eigenvalue weighted by atomic mass is 10.0. The largest absolute Gasteiger partial charge is 0.464 e. The molecule has 0 bridgehead atoms. The summed E-state index contributed by atoms with van der Waals surface area (Å²) in [4.78, 5) is 30.5. The highest BCUT2D eigenvalue weighted by atomic mass is 35.5. The van der Waals surface area contributed by atoms with E-state index in [0.29, 0.717) is 33.2 Å². The molecule has 7 nitrogen and oxygen atoms in total. The molecule has 0 spiro atoms. The van der Waals surface area contributed by atoms with Gasteiger partial charge in [0.2, 0.25) is 5.91 Å². The van der Waals surface area contributed by atoms with Gasteiger partial charge in [-0.25, -0.2) is 9.67 Å². The van der Waals surface area contributed by atoms with Crippen molar-refractivity contribution in [1.29, 1.82) is 0 Å². The van der Waals surface area contributed by atoms with E-state index in [9.17, 15) is 9.59 Å². The Morgan fingerprint density at radius 3 is 2.65 bits per heavy atom. The van der Waals surface area contributed by atoms with Gasteiger partial charge in [-0.05, 0) is 43.3 Å². The van der Waals surface area contributed by atoms with E-state index in [1.54, 1.807) is 59.6 Å². The molecule has 2 aromatic carbocycles. The lowest BCUT2D eigenvalue weighted by Crippen LogP contribution is -2.21. The minimum Gasteiger partial charge on any atom is -0.464 e. The fourth-order valence-electron chi connectivity index (χ4n) is 3.91. The highest BCUT2D eigenvalue weighted by Gasteiger charge is 2.19. The van der Waals surface area contributed by atoms with Gasteiger partial charge in [-0.15, -0.1) is 0 Å². The smallest absolute Gasteiger partial charge is 0.246 e. The van der Waals surface area contributed by atoms with Crippen molar-refractivity contribution in [2.45, 2.75) is 13.5 Å². The third-order valence-electron chi connectivity index (χ3n) is 5.42. The molecule has 0 unspecified atom stereocenters. The Morgan fingerprint density at radius 1 is 1.06 bits per heavy atom. The number of anilines is 1. The summed E-state index contributed by atoms with van der Waals surface area (Å²) < 4.78 is 7.09. The SMILES string of the molecule is Cc1nn(CC(=O)Nc2ccc(Cl)cc2C(=O)c2ccccc2)c2nccc(-c3ccco3)c12. The third kappa shape index (κ3) is 4.09. The van der Waals surface area contributed by atoms with Crippen LogP contribution >= 0.6 is 11.6 Å². The molecule has 0 aliphatic heterocycles. The Kier molecular flexibility index (Phi) is 5.69. The molecule has 0 fully saturated rings. The molecule has 0 saturated carbocycles. The van der Waals surface area contributed by atoms with Gasteiger partial charge in [0.15, 0.2) is 11.4 Å². The second kappa shape index (κ2) is 8.96. The third-order valence-corrected chi connectivity index (χ3v) is 5.66. The summed E-state index contributed by atoms with van der Waals surface area (Å²) in [5.74, 6) is 0.118. The highest BCUT2D eigenvalue weighted by molar-refractivity contribution is 6.31. The van der Waals surface area contributed by atoms with E-state index in [1.165, 1.54) is 0 Å². The van der Waals surface area contributed by atoms with Crippen molar-refractivity contribution in [2.75, 3.05) is 5.32 Å². The zero-order valence-corrected chi connectivity index (χ0v) is 18.9. The first-order valence-corrected chi connectivity index (χ1v) is 10.9. The van der Waals surface area contributed by atoms with Gasteiger partial charge in [0.1, 0.15) is 12.3 Å². The maximum absolute atomic E-state index is 13.0. The number of benzene rings is 2. The van der Waals surface area contributed by atoms with Crippen LogP contribution in [0.1, 0.15) is 21.6 Å². The van der Waals surface area contributed by atoms with E-state index in [-0.39, 0.29) is 18.2 Å². The van der Waals surface area contributed by atoms with Crippen molar-refractivity contribution in [3.63, 3.8) is 0 Å². The number of carbonyl (C=O) groups is 2. The number of nitrogens with one attached hydrogen (secondary N) is 1. The van der Waals surface area contributed by atoms with Crippen LogP contribution in [0.4, 0.5) is 5.69 Å². The summed E-state index contributed by atoms with van der Waals surface area (Å²) in [6.45, 7) is 1.78. The van der Waals surface area contributed by atoms with Crippen molar-refractivity contribution in [3.05, 3.63) is 101 Å². The van der Waals surface area contributed by atoms with Crippen molar-refractivity contribution >= 4 is 40.0 Å². The van der Waals surface area contributed by atoms with Crippen LogP contribution in [0.5, 0.6) is 0 Å². The number of carbonyl (C=O) groups excluding carboxylic acids is 2. The van der Waals surface area contributed by atoms with Crippen molar-refractivity contribution < 1.29 is 14.0 Å². The average molecular weight is 471 g/mol. The number of aromatic nitrogens is 3. The lowest BCUT2D eigenvalue weighted by Gasteiger charge is -2.11. The number of hydrogen-bond donors (Lipinski definition) is 1. The second-order valence-corrected chi connectivity index (χ2v) is 8.15. The van der Waals surface area contributed by atoms with Gasteiger partial charge in [-0.1, -0.05) is 41.9 Å². The second-order valence-electron chi connectivity index (χ2n) is 7.71. The number of hydrogen-bond acceptors (Lipinski definition) is 5. The number of nitrogens with zero attached hydrogens (tertiary/aromatic N) is 3. The van der Waals surface area contributed by atoms with Gasteiger partial charge in [0, 0.05) is 27.9 Å². The fraction of sp³-hybridized carbons (Fsp3) is 0.0769. The quantitative estimate of drug-likeness (QED) is 0.330. The van der Waals surface area contributed by atoms with Gasteiger partial charge < -0.3 is 9.73 Å². The molecular weight excluding hydrogens is 452 g/mol. The van der Waals surface area contributed by atoms with Crippen LogP contribution in [-0.2, 0) is 11.3 Å². The molecule has 3 aromatic heterocycles. The van der Waals surface area contributed by atoms with Crippen molar-refractivity contribution in [3.8, 4) is 11.3 Å². The number of aryl methyl sites for hydroxylation is 1. The summed E-state index contributed by atoms with van der Waals surface area (Å²) >= 11 is 6.14. The summed E-state index contributed by atoms with van der Waals surface area (Å²) in [6, 6.07) is 19.2. The number of halogens is 1. The molecule has 8 heteroatoms. The van der Waals surface area contributed by atoms with E-state index in [0.717, 1.165) is 16.6 Å². The predicted octanol–water partition coefficient (Wildman–Crippen LogP) is 5.52. The van der Waals surface area contributed by atoms with E-state index in [1.807, 2.05) is 31.2 Å². The van der Waals surface area contributed by atoms with E-state index in [4.69, 9.17) is 16.0 Å². The molecular formula is C26H19ClN4O3. The first-order chi connectivity index (χ1) is 16.5. The number of fused-ring (bicyclic) bond motifs is 1. The Balaban J connectivity index is 1.44. The molecule has 3 heterocycles. The molecule has 0 atom stereocenters. The van der Waals surface area contributed by atoms with Gasteiger partial charge in [0.05, 0.1) is 23.0 Å². The molecule has 5 aromatic rings. The highest BCUT2D eigenvalue weighted by Crippen LogP contribution is 2.30. The Labute approximate surface area is 200 Å². The Morgan fingerprint density at radius 2 is 1.88 bits per heavy atom. The monoisotopic (exact) mass is 470 g/mol. The summed E-state index contributed by atoms with van der Waals surface area (Å²) in [6.07, 6.45) is 3.26. The maximum Gasteiger partial charge on any atom is 0.246 e. The molecule has 0 aliphatic rings. The molecule has 34 heavy (non-hydrogen) atoms. The van der Waals surface area contributed by atoms with Crippen molar-refractivity contribution in [1.82, 2.24) is 14.8 Å². The van der Waals surface area contributed by atoms with Crippen molar-refractivity contribution in [2.24, 2.45) is 0 Å². The molecule has 0 saturated heterocycles. The first kappa shape index (κ1) is 21.6. The van der Waals surface area contributed by atoms with Crippen LogP contribution < -0.4 is 5.32 Å². The topological polar surface area (TPSA) is 90.0 Å². The maximum atomic E-state index is 13.0. The number of ketones is 1. The molecule has 0 radical (unpaired) electrons. The van der Waals surface area contributed by atoms with E-state index < -0.39 is 0 Å². The van der Waals surface area contributed by atoms with Gasteiger partial charge in [-0.3, -0.25) is 9.59 Å². The van der Waals surface area contributed by atoms with Crippen LogP contribution in [-0.4, -0.2) is 26.5 Å². The summed E-state index contributed by atoms with van der Waals surface area (Å²) in [7, 11) is 0. The fourth-order valence-corrected chi connectivity index (χ4v) is 4.09. The number of pyridine rings is 1. The van der Waals surface area contributed by atoms with E-state index in [2.05, 4.69) is 15.4 Å². The standard InChI is InChI=1S/C26H19ClN4O3/c1-16-24-19(22-8-5-13-34-22)11-12-28-26(24)31(30-16)15-23(32)29-21-10-9-18(27)14-20(21)25(33)17-6-3-2-4-7-17/h2-14H,15H2,1H3,(H,29,32). The average Bonchev–Trinajstić information content (AvgIpc) is 3.49. The number of amides is 1. The van der Waals surface area contributed by atoms with E-state index >= 15 is 0 Å². The van der Waals surface area contributed by atoms with Crippen LogP contribution in [0.3, 0.4) is 0 Å².